The Labute approximate surface area is 119 Å². The Morgan fingerprint density at radius 2 is 2.11 bits per heavy atom. The van der Waals surface area contributed by atoms with Gasteiger partial charge in [0, 0.05) is 12.6 Å². The lowest BCUT2D eigenvalue weighted by atomic mass is 9.81. The van der Waals surface area contributed by atoms with Crippen LogP contribution in [0.4, 0.5) is 5.82 Å². The number of nitrogens with zero attached hydrogens (tertiary/aromatic N) is 3. The molecule has 104 valence electrons. The fraction of sp³-hybridized carbons (Fsp3) is 0.714. The van der Waals surface area contributed by atoms with Gasteiger partial charge in [0.1, 0.15) is 5.82 Å². The predicted molar refractivity (Wildman–Crippen MR) is 77.8 cm³/mol. The zero-order valence-electron chi connectivity index (χ0n) is 11.4. The molecule has 3 rings (SSSR count). The number of nitrogens with one attached hydrogen (secondary N) is 1. The van der Waals surface area contributed by atoms with Crippen molar-refractivity contribution in [2.75, 3.05) is 25.5 Å². The largest absolute Gasteiger partial charge is 0.365 e. The first-order valence-electron chi connectivity index (χ1n) is 7.20. The van der Waals surface area contributed by atoms with Crippen LogP contribution >= 0.6 is 11.6 Å². The summed E-state index contributed by atoms with van der Waals surface area (Å²) in [7, 11) is 2.17. The number of aromatic nitrogens is 2. The fourth-order valence-corrected chi connectivity index (χ4v) is 3.21. The fourth-order valence-electron chi connectivity index (χ4n) is 2.96. The predicted octanol–water partition coefficient (Wildman–Crippen LogP) is 2.90. The van der Waals surface area contributed by atoms with Gasteiger partial charge in [-0.2, -0.15) is 0 Å². The first-order chi connectivity index (χ1) is 9.22. The van der Waals surface area contributed by atoms with Crippen molar-refractivity contribution in [2.24, 2.45) is 0 Å². The van der Waals surface area contributed by atoms with Crippen LogP contribution in [0.1, 0.15) is 43.6 Å². The summed E-state index contributed by atoms with van der Waals surface area (Å²) in [5.41, 5.74) is 1.18. The van der Waals surface area contributed by atoms with Crippen molar-refractivity contribution in [1.82, 2.24) is 15.1 Å². The Morgan fingerprint density at radius 3 is 2.79 bits per heavy atom. The van der Waals surface area contributed by atoms with Gasteiger partial charge in [0.25, 0.3) is 0 Å². The topological polar surface area (TPSA) is 41.0 Å². The van der Waals surface area contributed by atoms with Crippen LogP contribution in [0, 0.1) is 0 Å². The molecule has 0 bridgehead atoms. The van der Waals surface area contributed by atoms with E-state index in [-0.39, 0.29) is 0 Å². The van der Waals surface area contributed by atoms with E-state index in [1.807, 2.05) is 0 Å². The Bertz CT molecular complexity index is 447. The molecule has 19 heavy (non-hydrogen) atoms. The molecule has 2 fully saturated rings. The van der Waals surface area contributed by atoms with Gasteiger partial charge in [-0.3, -0.25) is 0 Å². The van der Waals surface area contributed by atoms with Gasteiger partial charge in [-0.25, -0.2) is 0 Å². The highest BCUT2D eigenvalue weighted by Crippen LogP contribution is 2.39. The monoisotopic (exact) mass is 280 g/mol. The quantitative estimate of drug-likeness (QED) is 0.924. The highest BCUT2D eigenvalue weighted by Gasteiger charge is 2.24. The molecule has 1 aromatic heterocycles. The molecular formula is C14H21ClN4. The molecule has 1 aliphatic heterocycles. The maximum atomic E-state index is 6.16. The van der Waals surface area contributed by atoms with Crippen molar-refractivity contribution in [3.63, 3.8) is 0 Å². The van der Waals surface area contributed by atoms with Crippen LogP contribution < -0.4 is 5.32 Å². The Balaban J connectivity index is 1.70. The van der Waals surface area contributed by atoms with E-state index in [0.717, 1.165) is 12.4 Å². The second-order valence-electron chi connectivity index (χ2n) is 5.85. The minimum absolute atomic E-state index is 0.475. The summed E-state index contributed by atoms with van der Waals surface area (Å²) in [6, 6.07) is 2.58. The van der Waals surface area contributed by atoms with E-state index in [9.17, 15) is 0 Å². The Morgan fingerprint density at radius 1 is 1.26 bits per heavy atom. The van der Waals surface area contributed by atoms with Crippen molar-refractivity contribution in [3.05, 3.63) is 16.8 Å². The second kappa shape index (κ2) is 5.63. The molecule has 1 aliphatic carbocycles. The van der Waals surface area contributed by atoms with Crippen LogP contribution in [0.3, 0.4) is 0 Å². The number of rotatable bonds is 3. The number of halogens is 1. The minimum atomic E-state index is 0.475. The third-order valence-corrected chi connectivity index (χ3v) is 4.59. The van der Waals surface area contributed by atoms with Crippen molar-refractivity contribution in [1.29, 1.82) is 0 Å². The van der Waals surface area contributed by atoms with E-state index >= 15 is 0 Å². The Hall–Kier alpha value is -0.870. The van der Waals surface area contributed by atoms with E-state index in [1.165, 1.54) is 44.2 Å². The van der Waals surface area contributed by atoms with Gasteiger partial charge >= 0.3 is 0 Å². The van der Waals surface area contributed by atoms with E-state index in [1.54, 1.807) is 0 Å². The lowest BCUT2D eigenvalue weighted by Crippen LogP contribution is -2.40. The first kappa shape index (κ1) is 13.1. The smallest absolute Gasteiger partial charge is 0.155 e. The maximum Gasteiger partial charge on any atom is 0.155 e. The summed E-state index contributed by atoms with van der Waals surface area (Å²) >= 11 is 6.16. The summed E-state index contributed by atoms with van der Waals surface area (Å²) in [4.78, 5) is 2.36. The van der Waals surface area contributed by atoms with Gasteiger partial charge in [0.05, 0.1) is 0 Å². The zero-order valence-corrected chi connectivity index (χ0v) is 12.2. The third-order valence-electron chi connectivity index (χ3n) is 4.30. The van der Waals surface area contributed by atoms with E-state index in [4.69, 9.17) is 11.6 Å². The number of likely N-dealkylation sites (N-methyl/N-ethyl adjacent to an activating group) is 1. The van der Waals surface area contributed by atoms with Crippen LogP contribution in [0.5, 0.6) is 0 Å². The molecule has 4 nitrogen and oxygen atoms in total. The molecule has 1 saturated carbocycles. The van der Waals surface area contributed by atoms with Crippen molar-refractivity contribution >= 4 is 17.4 Å². The first-order valence-corrected chi connectivity index (χ1v) is 7.58. The molecule has 0 aromatic carbocycles. The molecule has 2 aliphatic rings. The number of anilines is 1. The molecule has 0 amide bonds. The molecule has 2 heterocycles. The van der Waals surface area contributed by atoms with E-state index < -0.39 is 0 Å². The standard InChI is InChI=1S/C14H21ClN4/c1-19-7-3-6-11(9-19)16-13-8-12(10-4-2-5-10)14(15)18-17-13/h8,10-11H,2-7,9H2,1H3,(H,16,17)/t11-/m1/s1. The highest BCUT2D eigenvalue weighted by molar-refractivity contribution is 6.30. The summed E-state index contributed by atoms with van der Waals surface area (Å²) < 4.78 is 0. The molecule has 0 radical (unpaired) electrons. The number of likely N-dealkylation sites (tertiary alicyclic amines) is 1. The Kier molecular flexibility index (Phi) is 3.89. The molecule has 1 atom stereocenters. The summed E-state index contributed by atoms with van der Waals surface area (Å²) in [6.45, 7) is 2.26. The molecule has 1 aromatic rings. The van der Waals surface area contributed by atoms with Gasteiger partial charge < -0.3 is 10.2 Å². The molecule has 5 heteroatoms. The van der Waals surface area contributed by atoms with Gasteiger partial charge in [-0.15, -0.1) is 10.2 Å². The average Bonchev–Trinajstić information content (AvgIpc) is 2.31. The highest BCUT2D eigenvalue weighted by atomic mass is 35.5. The summed E-state index contributed by atoms with van der Waals surface area (Å²) in [5.74, 6) is 1.48. The molecule has 0 spiro atoms. The normalized spacial score (nSPS) is 25.1. The summed E-state index contributed by atoms with van der Waals surface area (Å²) in [6.07, 6.45) is 6.21. The van der Waals surface area contributed by atoms with Crippen LogP contribution in [0.15, 0.2) is 6.07 Å². The molecular weight excluding hydrogens is 260 g/mol. The van der Waals surface area contributed by atoms with Gasteiger partial charge in [0.15, 0.2) is 5.15 Å². The SMILES string of the molecule is CN1CCC[C@@H](Nc2cc(C3CCC3)c(Cl)nn2)C1. The van der Waals surface area contributed by atoms with Crippen molar-refractivity contribution in [3.8, 4) is 0 Å². The van der Waals surface area contributed by atoms with Gasteiger partial charge in [0.2, 0.25) is 0 Å². The number of hydrogen-bond acceptors (Lipinski definition) is 4. The van der Waals surface area contributed by atoms with Crippen molar-refractivity contribution in [2.45, 2.75) is 44.1 Å². The number of hydrogen-bond donors (Lipinski definition) is 1. The van der Waals surface area contributed by atoms with E-state index in [0.29, 0.717) is 17.1 Å². The molecule has 1 N–H and O–H groups in total. The average molecular weight is 281 g/mol. The summed E-state index contributed by atoms with van der Waals surface area (Å²) in [5, 5.41) is 12.4. The van der Waals surface area contributed by atoms with Crippen LogP contribution in [-0.2, 0) is 0 Å². The minimum Gasteiger partial charge on any atom is -0.365 e. The lowest BCUT2D eigenvalue weighted by molar-refractivity contribution is 0.260. The second-order valence-corrected chi connectivity index (χ2v) is 6.21. The van der Waals surface area contributed by atoms with Gasteiger partial charge in [-0.05, 0) is 56.8 Å². The van der Waals surface area contributed by atoms with Crippen molar-refractivity contribution < 1.29 is 0 Å². The molecule has 0 unspecified atom stereocenters. The van der Waals surface area contributed by atoms with Gasteiger partial charge in [-0.1, -0.05) is 18.0 Å². The van der Waals surface area contributed by atoms with Crippen LogP contribution in [0.2, 0.25) is 5.15 Å². The number of piperidine rings is 1. The molecule has 1 saturated heterocycles. The lowest BCUT2D eigenvalue weighted by Gasteiger charge is -2.31. The zero-order chi connectivity index (χ0) is 13.2. The maximum absolute atomic E-state index is 6.16. The van der Waals surface area contributed by atoms with Crippen LogP contribution in [-0.4, -0.2) is 41.3 Å². The van der Waals surface area contributed by atoms with E-state index in [2.05, 4.69) is 33.5 Å². The van der Waals surface area contributed by atoms with Crippen LogP contribution in [0.25, 0.3) is 0 Å². The third kappa shape index (κ3) is 3.00.